The van der Waals surface area contributed by atoms with Crippen LogP contribution in [-0.4, -0.2) is 62.9 Å². The van der Waals surface area contributed by atoms with E-state index in [1.165, 1.54) is 11.1 Å². The molecule has 2 heterocycles. The van der Waals surface area contributed by atoms with Crippen molar-refractivity contribution in [2.24, 2.45) is 0 Å². The maximum Gasteiger partial charge on any atom is 0.234 e. The van der Waals surface area contributed by atoms with Crippen molar-refractivity contribution in [2.45, 2.75) is 32.0 Å². The van der Waals surface area contributed by atoms with Crippen molar-refractivity contribution >= 4 is 5.91 Å². The summed E-state index contributed by atoms with van der Waals surface area (Å²) in [5, 5.41) is 6.20. The van der Waals surface area contributed by atoms with Crippen LogP contribution in [0.3, 0.4) is 0 Å². The van der Waals surface area contributed by atoms with E-state index in [1.54, 1.807) is 0 Å². The lowest BCUT2D eigenvalue weighted by atomic mass is 10.1. The number of ether oxygens (including phenoxy) is 2. The molecule has 0 bridgehead atoms. The van der Waals surface area contributed by atoms with Crippen LogP contribution in [0.15, 0.2) is 24.3 Å². The smallest absolute Gasteiger partial charge is 0.234 e. The lowest BCUT2D eigenvalue weighted by Gasteiger charge is -2.27. The van der Waals surface area contributed by atoms with Crippen molar-refractivity contribution in [2.75, 3.05) is 46.0 Å². The van der Waals surface area contributed by atoms with Crippen LogP contribution in [0.5, 0.6) is 0 Å². The summed E-state index contributed by atoms with van der Waals surface area (Å²) >= 11 is 0. The lowest BCUT2D eigenvalue weighted by Crippen LogP contribution is -2.37. The van der Waals surface area contributed by atoms with Gasteiger partial charge in [0.05, 0.1) is 25.9 Å². The minimum Gasteiger partial charge on any atom is -0.379 e. The Kier molecular flexibility index (Phi) is 7.23. The second-order valence-electron chi connectivity index (χ2n) is 6.70. The molecule has 138 valence electrons. The van der Waals surface area contributed by atoms with Gasteiger partial charge in [-0.15, -0.1) is 0 Å². The highest BCUT2D eigenvalue weighted by atomic mass is 16.5. The molecule has 1 unspecified atom stereocenters. The predicted molar refractivity (Wildman–Crippen MR) is 96.2 cm³/mol. The first-order chi connectivity index (χ1) is 12.3. The number of nitrogens with one attached hydrogen (secondary N) is 2. The van der Waals surface area contributed by atoms with Crippen molar-refractivity contribution in [3.63, 3.8) is 0 Å². The molecule has 0 saturated carbocycles. The van der Waals surface area contributed by atoms with E-state index in [0.29, 0.717) is 13.1 Å². The Morgan fingerprint density at radius 1 is 1.16 bits per heavy atom. The number of carbonyl (C=O) groups is 1. The van der Waals surface area contributed by atoms with Gasteiger partial charge < -0.3 is 20.1 Å². The van der Waals surface area contributed by atoms with Gasteiger partial charge in [-0.1, -0.05) is 24.3 Å². The third-order valence-electron chi connectivity index (χ3n) is 4.77. The maximum absolute atomic E-state index is 12.1. The van der Waals surface area contributed by atoms with Gasteiger partial charge in [0.15, 0.2) is 0 Å². The van der Waals surface area contributed by atoms with Crippen LogP contribution in [0.2, 0.25) is 0 Å². The van der Waals surface area contributed by atoms with Gasteiger partial charge in [-0.05, 0) is 24.0 Å². The minimum absolute atomic E-state index is 0.0270. The number of hydrogen-bond acceptors (Lipinski definition) is 5. The SMILES string of the molecule is O=C(CNCC1CCCO1)NCc1ccccc1CN1CCOCC1. The van der Waals surface area contributed by atoms with Gasteiger partial charge in [-0.3, -0.25) is 9.69 Å². The predicted octanol–water partition coefficient (Wildman–Crippen LogP) is 0.904. The highest BCUT2D eigenvalue weighted by molar-refractivity contribution is 5.78. The summed E-state index contributed by atoms with van der Waals surface area (Å²) in [4.78, 5) is 14.4. The number of rotatable bonds is 8. The zero-order chi connectivity index (χ0) is 17.3. The maximum atomic E-state index is 12.1. The monoisotopic (exact) mass is 347 g/mol. The van der Waals surface area contributed by atoms with Crippen LogP contribution in [0.25, 0.3) is 0 Å². The van der Waals surface area contributed by atoms with Gasteiger partial charge in [-0.2, -0.15) is 0 Å². The number of morpholine rings is 1. The Bertz CT molecular complexity index is 540. The van der Waals surface area contributed by atoms with E-state index in [-0.39, 0.29) is 12.0 Å². The van der Waals surface area contributed by atoms with E-state index in [1.807, 2.05) is 6.07 Å². The van der Waals surface area contributed by atoms with Gasteiger partial charge in [0.25, 0.3) is 0 Å². The van der Waals surface area contributed by atoms with Crippen molar-refractivity contribution < 1.29 is 14.3 Å². The Balaban J connectivity index is 1.41. The van der Waals surface area contributed by atoms with Gasteiger partial charge in [0.2, 0.25) is 5.91 Å². The van der Waals surface area contributed by atoms with Crippen molar-refractivity contribution in [1.82, 2.24) is 15.5 Å². The number of nitrogens with zero attached hydrogens (tertiary/aromatic N) is 1. The van der Waals surface area contributed by atoms with Gasteiger partial charge in [0.1, 0.15) is 0 Å². The molecule has 0 aromatic heterocycles. The molecule has 25 heavy (non-hydrogen) atoms. The van der Waals surface area contributed by atoms with Gasteiger partial charge in [-0.25, -0.2) is 0 Å². The topological polar surface area (TPSA) is 62.8 Å². The number of amides is 1. The molecule has 1 atom stereocenters. The molecule has 2 aliphatic heterocycles. The van der Waals surface area contributed by atoms with Crippen LogP contribution in [-0.2, 0) is 27.4 Å². The highest BCUT2D eigenvalue weighted by Gasteiger charge is 2.15. The number of carbonyl (C=O) groups excluding carboxylic acids is 1. The Morgan fingerprint density at radius 2 is 1.96 bits per heavy atom. The van der Waals surface area contributed by atoms with E-state index in [9.17, 15) is 4.79 Å². The fraction of sp³-hybridized carbons (Fsp3) is 0.632. The van der Waals surface area contributed by atoms with Crippen LogP contribution in [0.4, 0.5) is 0 Å². The van der Waals surface area contributed by atoms with Crippen LogP contribution in [0, 0.1) is 0 Å². The molecule has 2 N–H and O–H groups in total. The quantitative estimate of drug-likeness (QED) is 0.732. The highest BCUT2D eigenvalue weighted by Crippen LogP contribution is 2.13. The molecule has 1 aromatic rings. The normalized spacial score (nSPS) is 21.4. The summed E-state index contributed by atoms with van der Waals surface area (Å²) in [5.74, 6) is 0.0270. The van der Waals surface area contributed by atoms with Crippen LogP contribution in [0.1, 0.15) is 24.0 Å². The molecule has 0 spiro atoms. The molecule has 2 fully saturated rings. The van der Waals surface area contributed by atoms with Crippen LogP contribution < -0.4 is 10.6 Å². The summed E-state index contributed by atoms with van der Waals surface area (Å²) in [6, 6.07) is 8.33. The van der Waals surface area contributed by atoms with E-state index >= 15 is 0 Å². The summed E-state index contributed by atoms with van der Waals surface area (Å²) in [6.45, 7) is 6.95. The standard InChI is InChI=1S/C19H29N3O3/c23-19(14-20-13-18-6-3-9-25-18)21-12-16-4-1-2-5-17(16)15-22-7-10-24-11-8-22/h1-2,4-5,18,20H,3,6-15H2,(H,21,23). The molecule has 1 amide bonds. The third kappa shape index (κ3) is 6.08. The van der Waals surface area contributed by atoms with E-state index in [0.717, 1.165) is 58.8 Å². The van der Waals surface area contributed by atoms with Gasteiger partial charge >= 0.3 is 0 Å². The number of hydrogen-bond donors (Lipinski definition) is 2. The molecule has 0 radical (unpaired) electrons. The summed E-state index contributed by atoms with van der Waals surface area (Å²) < 4.78 is 11.0. The molecule has 6 heteroatoms. The largest absolute Gasteiger partial charge is 0.379 e. The summed E-state index contributed by atoms with van der Waals surface area (Å²) in [7, 11) is 0. The average Bonchev–Trinajstić information content (AvgIpc) is 3.15. The lowest BCUT2D eigenvalue weighted by molar-refractivity contribution is -0.120. The van der Waals surface area contributed by atoms with Gasteiger partial charge in [0, 0.05) is 39.3 Å². The molecule has 0 aliphatic carbocycles. The zero-order valence-electron chi connectivity index (χ0n) is 14.8. The summed E-state index contributed by atoms with van der Waals surface area (Å²) in [6.07, 6.45) is 2.48. The molecular weight excluding hydrogens is 318 g/mol. The molecule has 2 saturated heterocycles. The fourth-order valence-corrected chi connectivity index (χ4v) is 3.29. The minimum atomic E-state index is 0.0270. The molecule has 3 rings (SSSR count). The second kappa shape index (κ2) is 9.87. The van der Waals surface area contributed by atoms with Crippen molar-refractivity contribution in [1.29, 1.82) is 0 Å². The van der Waals surface area contributed by atoms with Crippen molar-refractivity contribution in [3.8, 4) is 0 Å². The molecule has 6 nitrogen and oxygen atoms in total. The third-order valence-corrected chi connectivity index (χ3v) is 4.77. The first kappa shape index (κ1) is 18.3. The van der Waals surface area contributed by atoms with E-state index in [4.69, 9.17) is 9.47 Å². The zero-order valence-corrected chi connectivity index (χ0v) is 14.8. The van der Waals surface area contributed by atoms with E-state index in [2.05, 4.69) is 33.7 Å². The summed E-state index contributed by atoms with van der Waals surface area (Å²) in [5.41, 5.74) is 2.46. The Morgan fingerprint density at radius 3 is 2.72 bits per heavy atom. The Labute approximate surface area is 149 Å². The first-order valence-electron chi connectivity index (χ1n) is 9.27. The van der Waals surface area contributed by atoms with Crippen LogP contribution >= 0.6 is 0 Å². The average molecular weight is 347 g/mol. The number of benzene rings is 1. The molecule has 2 aliphatic rings. The fourth-order valence-electron chi connectivity index (χ4n) is 3.29. The molecule has 1 aromatic carbocycles. The van der Waals surface area contributed by atoms with E-state index < -0.39 is 0 Å². The first-order valence-corrected chi connectivity index (χ1v) is 9.27. The second-order valence-corrected chi connectivity index (χ2v) is 6.70. The Hall–Kier alpha value is -1.47. The molecular formula is C19H29N3O3. The van der Waals surface area contributed by atoms with Crippen molar-refractivity contribution in [3.05, 3.63) is 35.4 Å².